The van der Waals surface area contributed by atoms with Crippen LogP contribution in [0.2, 0.25) is 0 Å². The van der Waals surface area contributed by atoms with Crippen LogP contribution in [0.3, 0.4) is 0 Å². The van der Waals surface area contributed by atoms with Gasteiger partial charge in [-0.05, 0) is 19.8 Å². The van der Waals surface area contributed by atoms with Crippen LogP contribution in [0, 0.1) is 5.92 Å². The summed E-state index contributed by atoms with van der Waals surface area (Å²) < 4.78 is 0. The van der Waals surface area contributed by atoms with E-state index >= 15 is 0 Å². The monoisotopic (exact) mass is 155 g/mol. The molecule has 1 fully saturated rings. The van der Waals surface area contributed by atoms with Crippen molar-refractivity contribution in [2.24, 2.45) is 5.92 Å². The van der Waals surface area contributed by atoms with Crippen molar-refractivity contribution >= 4 is 5.91 Å². The van der Waals surface area contributed by atoms with E-state index < -0.39 is 0 Å². The summed E-state index contributed by atoms with van der Waals surface area (Å²) in [5.74, 6) is 0.556. The quantitative estimate of drug-likeness (QED) is 0.521. The van der Waals surface area contributed by atoms with Crippen LogP contribution in [-0.2, 0) is 4.79 Å². The van der Waals surface area contributed by atoms with Crippen LogP contribution < -0.4 is 0 Å². The predicted octanol–water partition coefficient (Wildman–Crippen LogP) is 1.65. The molecular weight excluding hydrogens is 138 g/mol. The molecule has 11 heavy (non-hydrogen) atoms. The zero-order chi connectivity index (χ0) is 8.43. The van der Waals surface area contributed by atoms with Crippen LogP contribution >= 0.6 is 0 Å². The van der Waals surface area contributed by atoms with E-state index in [2.05, 4.69) is 6.92 Å². The number of hydrogen-bond acceptors (Lipinski definition) is 1. The first-order valence-electron chi connectivity index (χ1n) is 4.39. The molecule has 0 saturated carbocycles. The largest absolute Gasteiger partial charge is 0.343 e. The van der Waals surface area contributed by atoms with Gasteiger partial charge in [-0.15, -0.1) is 0 Å². The molecule has 0 aromatic carbocycles. The fraction of sp³-hybridized carbons (Fsp3) is 0.889. The molecule has 2 heteroatoms. The molecule has 1 rings (SSSR count). The first-order chi connectivity index (χ1) is 5.13. The van der Waals surface area contributed by atoms with Crippen molar-refractivity contribution in [2.45, 2.75) is 39.2 Å². The van der Waals surface area contributed by atoms with Gasteiger partial charge >= 0.3 is 0 Å². The molecule has 1 aliphatic rings. The second kappa shape index (κ2) is 3.24. The summed E-state index contributed by atoms with van der Waals surface area (Å²) in [5, 5.41) is 0. The molecule has 2 atom stereocenters. The Morgan fingerprint density at radius 3 is 2.64 bits per heavy atom. The summed E-state index contributed by atoms with van der Waals surface area (Å²) in [6.07, 6.45) is 3.42. The summed E-state index contributed by atoms with van der Waals surface area (Å²) in [7, 11) is 1.91. The topological polar surface area (TPSA) is 20.3 Å². The fourth-order valence-electron chi connectivity index (χ4n) is 1.60. The van der Waals surface area contributed by atoms with Gasteiger partial charge in [0.05, 0.1) is 0 Å². The third-order valence-corrected chi connectivity index (χ3v) is 2.69. The maximum Gasteiger partial charge on any atom is 0.225 e. The van der Waals surface area contributed by atoms with E-state index in [1.54, 1.807) is 0 Å². The van der Waals surface area contributed by atoms with Gasteiger partial charge in [-0.1, -0.05) is 13.3 Å². The molecule has 0 radical (unpaired) electrons. The van der Waals surface area contributed by atoms with Crippen molar-refractivity contribution in [3.63, 3.8) is 0 Å². The molecule has 0 aromatic rings. The maximum absolute atomic E-state index is 11.5. The first kappa shape index (κ1) is 8.57. The molecule has 1 aliphatic heterocycles. The van der Waals surface area contributed by atoms with E-state index in [0.717, 1.165) is 12.8 Å². The van der Waals surface area contributed by atoms with Crippen molar-refractivity contribution in [3.8, 4) is 0 Å². The fourth-order valence-corrected chi connectivity index (χ4v) is 1.60. The standard InChI is InChI=1S/C9H17NO/c1-7-5-4-6-8(2)10(3)9(7)11/h7-8H,4-6H2,1-3H3. The van der Waals surface area contributed by atoms with Crippen molar-refractivity contribution in [3.05, 3.63) is 0 Å². The Labute approximate surface area is 68.6 Å². The second-order valence-electron chi connectivity index (χ2n) is 3.63. The molecule has 0 aliphatic carbocycles. The molecule has 0 N–H and O–H groups in total. The summed E-state index contributed by atoms with van der Waals surface area (Å²) in [4.78, 5) is 13.4. The van der Waals surface area contributed by atoms with Crippen LogP contribution in [0.4, 0.5) is 0 Å². The highest BCUT2D eigenvalue weighted by molar-refractivity contribution is 5.78. The Kier molecular flexibility index (Phi) is 2.53. The zero-order valence-electron chi connectivity index (χ0n) is 7.63. The molecule has 1 amide bonds. The van der Waals surface area contributed by atoms with E-state index in [0.29, 0.717) is 11.9 Å². The van der Waals surface area contributed by atoms with E-state index in [9.17, 15) is 4.79 Å². The minimum absolute atomic E-state index is 0.241. The number of amides is 1. The first-order valence-corrected chi connectivity index (χ1v) is 4.39. The number of likely N-dealkylation sites (tertiary alicyclic amines) is 1. The van der Waals surface area contributed by atoms with Gasteiger partial charge in [0.1, 0.15) is 0 Å². The van der Waals surface area contributed by atoms with E-state index in [1.807, 2.05) is 18.9 Å². The third-order valence-electron chi connectivity index (χ3n) is 2.69. The minimum Gasteiger partial charge on any atom is -0.343 e. The van der Waals surface area contributed by atoms with E-state index in [1.165, 1.54) is 6.42 Å². The SMILES string of the molecule is CC1CCCC(C)N(C)C1=O. The highest BCUT2D eigenvalue weighted by Crippen LogP contribution is 2.19. The Morgan fingerprint density at radius 1 is 1.36 bits per heavy atom. The van der Waals surface area contributed by atoms with Gasteiger partial charge in [-0.25, -0.2) is 0 Å². The van der Waals surface area contributed by atoms with Gasteiger partial charge in [0.15, 0.2) is 0 Å². The highest BCUT2D eigenvalue weighted by Gasteiger charge is 2.24. The van der Waals surface area contributed by atoms with Crippen LogP contribution in [0.25, 0.3) is 0 Å². The number of carbonyl (C=O) groups excluding carboxylic acids is 1. The van der Waals surface area contributed by atoms with Gasteiger partial charge in [-0.3, -0.25) is 4.79 Å². The van der Waals surface area contributed by atoms with Crippen molar-refractivity contribution in [2.75, 3.05) is 7.05 Å². The van der Waals surface area contributed by atoms with E-state index in [-0.39, 0.29) is 5.92 Å². The highest BCUT2D eigenvalue weighted by atomic mass is 16.2. The van der Waals surface area contributed by atoms with Crippen LogP contribution in [0.1, 0.15) is 33.1 Å². The molecule has 64 valence electrons. The maximum atomic E-state index is 11.5. The smallest absolute Gasteiger partial charge is 0.225 e. The Morgan fingerprint density at radius 2 is 2.00 bits per heavy atom. The lowest BCUT2D eigenvalue weighted by Gasteiger charge is -2.23. The lowest BCUT2D eigenvalue weighted by Crippen LogP contribution is -2.35. The Bertz CT molecular complexity index is 156. The van der Waals surface area contributed by atoms with Crippen molar-refractivity contribution in [1.29, 1.82) is 0 Å². The molecule has 1 heterocycles. The van der Waals surface area contributed by atoms with Gasteiger partial charge < -0.3 is 4.90 Å². The minimum atomic E-state index is 0.241. The molecule has 0 spiro atoms. The normalized spacial score (nSPS) is 33.7. The number of carbonyl (C=O) groups is 1. The Hall–Kier alpha value is -0.530. The molecule has 1 saturated heterocycles. The summed E-state index contributed by atoms with van der Waals surface area (Å²) in [6.45, 7) is 4.15. The van der Waals surface area contributed by atoms with Gasteiger partial charge in [0, 0.05) is 19.0 Å². The van der Waals surface area contributed by atoms with Crippen LogP contribution in [0.5, 0.6) is 0 Å². The average molecular weight is 155 g/mol. The summed E-state index contributed by atoms with van der Waals surface area (Å²) in [5.41, 5.74) is 0. The summed E-state index contributed by atoms with van der Waals surface area (Å²) >= 11 is 0. The summed E-state index contributed by atoms with van der Waals surface area (Å²) in [6, 6.07) is 0.437. The number of hydrogen-bond donors (Lipinski definition) is 0. The molecule has 2 nitrogen and oxygen atoms in total. The Balaban J connectivity index is 2.66. The van der Waals surface area contributed by atoms with E-state index in [4.69, 9.17) is 0 Å². The van der Waals surface area contributed by atoms with Crippen LogP contribution in [0.15, 0.2) is 0 Å². The van der Waals surface area contributed by atoms with Gasteiger partial charge in [-0.2, -0.15) is 0 Å². The molecular formula is C9H17NO. The number of rotatable bonds is 0. The molecule has 0 aromatic heterocycles. The lowest BCUT2D eigenvalue weighted by molar-refractivity contribution is -0.134. The number of nitrogens with zero attached hydrogens (tertiary/aromatic N) is 1. The average Bonchev–Trinajstić information content (AvgIpc) is 2.07. The van der Waals surface area contributed by atoms with Crippen molar-refractivity contribution < 1.29 is 4.79 Å². The molecule has 2 unspecified atom stereocenters. The third kappa shape index (κ3) is 1.73. The lowest BCUT2D eigenvalue weighted by atomic mass is 10.1. The van der Waals surface area contributed by atoms with Crippen molar-refractivity contribution in [1.82, 2.24) is 4.90 Å². The predicted molar refractivity (Wildman–Crippen MR) is 45.2 cm³/mol. The van der Waals surface area contributed by atoms with Crippen LogP contribution in [-0.4, -0.2) is 23.9 Å². The second-order valence-corrected chi connectivity index (χ2v) is 3.63. The van der Waals surface area contributed by atoms with Gasteiger partial charge in [0.2, 0.25) is 5.91 Å². The zero-order valence-corrected chi connectivity index (χ0v) is 7.63. The molecule has 0 bridgehead atoms. The van der Waals surface area contributed by atoms with Gasteiger partial charge in [0.25, 0.3) is 0 Å².